The Kier molecular flexibility index (Phi) is 7.12. The van der Waals surface area contributed by atoms with Crippen LogP contribution in [0.15, 0.2) is 87.0 Å². The van der Waals surface area contributed by atoms with Crippen LogP contribution in [-0.2, 0) is 27.7 Å². The summed E-state index contributed by atoms with van der Waals surface area (Å²) in [6.07, 6.45) is 2.35. The van der Waals surface area contributed by atoms with Gasteiger partial charge in [-0.3, -0.25) is 0 Å². The van der Waals surface area contributed by atoms with Crippen LogP contribution in [0.5, 0.6) is 5.75 Å². The van der Waals surface area contributed by atoms with Gasteiger partial charge in [0.25, 0.3) is 0 Å². The van der Waals surface area contributed by atoms with Crippen LogP contribution in [0.4, 0.5) is 0 Å². The summed E-state index contributed by atoms with van der Waals surface area (Å²) in [6.45, 7) is 5.58. The minimum Gasteiger partial charge on any atom is -0.425 e. The molecule has 2 heterocycles. The van der Waals surface area contributed by atoms with Crippen molar-refractivity contribution >= 4 is 37.9 Å². The zero-order chi connectivity index (χ0) is 27.7. The monoisotopic (exact) mass is 544 g/mol. The molecule has 3 aromatic carbocycles. The highest BCUT2D eigenvalue weighted by Gasteiger charge is 2.29. The Morgan fingerprint density at radius 2 is 1.74 bits per heavy atom. The first-order chi connectivity index (χ1) is 18.6. The number of carbonyl (C=O) groups is 1. The molecule has 0 aliphatic carbocycles. The number of benzene rings is 3. The maximum Gasteiger partial charge on any atom is 0.336 e. The van der Waals surface area contributed by atoms with E-state index in [0.29, 0.717) is 6.42 Å². The van der Waals surface area contributed by atoms with Gasteiger partial charge in [-0.1, -0.05) is 42.8 Å². The lowest BCUT2D eigenvalue weighted by molar-refractivity contribution is -0.136. The van der Waals surface area contributed by atoms with E-state index in [1.807, 2.05) is 51.1 Å². The van der Waals surface area contributed by atoms with Gasteiger partial charge in [-0.2, -0.15) is 4.72 Å². The summed E-state index contributed by atoms with van der Waals surface area (Å²) in [7, 11) is -4.05. The van der Waals surface area contributed by atoms with E-state index in [-0.39, 0.29) is 22.6 Å². The molecule has 0 amide bonds. The number of sulfonamides is 1. The summed E-state index contributed by atoms with van der Waals surface area (Å²) in [5.74, 6) is -0.567. The highest BCUT2D eigenvalue weighted by atomic mass is 32.2. The molecule has 8 nitrogen and oxygen atoms in total. The smallest absolute Gasteiger partial charge is 0.336 e. The van der Waals surface area contributed by atoms with E-state index in [4.69, 9.17) is 9.15 Å². The van der Waals surface area contributed by atoms with Crippen LogP contribution in [0, 0.1) is 13.8 Å². The van der Waals surface area contributed by atoms with E-state index in [2.05, 4.69) is 9.71 Å². The van der Waals surface area contributed by atoms with Gasteiger partial charge in [-0.15, -0.1) is 0 Å². The summed E-state index contributed by atoms with van der Waals surface area (Å²) in [5, 5.41) is 1.61. The largest absolute Gasteiger partial charge is 0.425 e. The number of rotatable bonds is 8. The maximum atomic E-state index is 13.6. The zero-order valence-electron chi connectivity index (χ0n) is 21.8. The van der Waals surface area contributed by atoms with Gasteiger partial charge in [-0.25, -0.2) is 18.0 Å². The second-order valence-electron chi connectivity index (χ2n) is 9.53. The number of nitrogens with one attached hydrogen (secondary N) is 2. The van der Waals surface area contributed by atoms with Crippen molar-refractivity contribution in [2.75, 3.05) is 0 Å². The van der Waals surface area contributed by atoms with Crippen LogP contribution in [0.25, 0.3) is 21.9 Å². The molecule has 0 saturated carbocycles. The summed E-state index contributed by atoms with van der Waals surface area (Å²) in [4.78, 5) is 28.8. The number of aryl methyl sites for hydroxylation is 3. The summed E-state index contributed by atoms with van der Waals surface area (Å²) in [5.41, 5.74) is 3.79. The Bertz CT molecular complexity index is 1850. The van der Waals surface area contributed by atoms with Crippen LogP contribution < -0.4 is 15.1 Å². The predicted octanol–water partition coefficient (Wildman–Crippen LogP) is 4.95. The molecule has 0 saturated heterocycles. The van der Waals surface area contributed by atoms with Crippen LogP contribution in [-0.4, -0.2) is 25.4 Å². The third kappa shape index (κ3) is 5.50. The fraction of sp³-hybridized carbons (Fsp3) is 0.200. The minimum absolute atomic E-state index is 0.0435. The Morgan fingerprint density at radius 3 is 2.49 bits per heavy atom. The molecule has 2 aromatic heterocycles. The van der Waals surface area contributed by atoms with Gasteiger partial charge in [0.05, 0.1) is 4.90 Å². The normalized spacial score (nSPS) is 12.6. The molecular weight excluding hydrogens is 516 g/mol. The summed E-state index contributed by atoms with van der Waals surface area (Å²) < 4.78 is 40.3. The third-order valence-electron chi connectivity index (χ3n) is 6.74. The number of H-pyrrole nitrogens is 1. The van der Waals surface area contributed by atoms with E-state index in [1.54, 1.807) is 18.3 Å². The van der Waals surface area contributed by atoms with Gasteiger partial charge in [-0.05, 0) is 61.2 Å². The number of para-hydroxylation sites is 1. The average molecular weight is 545 g/mol. The number of ether oxygens (including phenoxy) is 1. The second-order valence-corrected chi connectivity index (χ2v) is 11.2. The molecule has 0 spiro atoms. The Hall–Kier alpha value is -4.21. The lowest BCUT2D eigenvalue weighted by Crippen LogP contribution is -2.44. The van der Waals surface area contributed by atoms with E-state index in [9.17, 15) is 18.0 Å². The molecular formula is C30H28N2O6S. The molecule has 5 aromatic rings. The van der Waals surface area contributed by atoms with Crippen molar-refractivity contribution in [1.82, 2.24) is 9.71 Å². The number of hydrogen-bond acceptors (Lipinski definition) is 6. The topological polar surface area (TPSA) is 118 Å². The van der Waals surface area contributed by atoms with E-state index in [0.717, 1.165) is 38.5 Å². The molecule has 0 aliphatic heterocycles. The summed E-state index contributed by atoms with van der Waals surface area (Å²) >= 11 is 0. The Morgan fingerprint density at radius 1 is 1.00 bits per heavy atom. The zero-order valence-corrected chi connectivity index (χ0v) is 22.6. The molecule has 0 unspecified atom stereocenters. The highest BCUT2D eigenvalue weighted by molar-refractivity contribution is 7.89. The summed E-state index contributed by atoms with van der Waals surface area (Å²) in [6, 6.07) is 17.5. The van der Waals surface area contributed by atoms with Crippen LogP contribution >= 0.6 is 0 Å². The SMILES string of the molecule is CCc1cc2c(C)cc(=O)oc2cc1OC(=O)[C@H](Cc1c[nH]c2ccccc12)NS(=O)(=O)c1ccc(C)cc1. The van der Waals surface area contributed by atoms with Crippen molar-refractivity contribution in [2.24, 2.45) is 0 Å². The highest BCUT2D eigenvalue weighted by Crippen LogP contribution is 2.29. The number of carbonyl (C=O) groups excluding carboxylic acids is 1. The molecule has 1 atom stereocenters. The van der Waals surface area contributed by atoms with Crippen molar-refractivity contribution in [3.05, 3.63) is 106 Å². The van der Waals surface area contributed by atoms with Crippen molar-refractivity contribution in [3.63, 3.8) is 0 Å². The number of aromatic nitrogens is 1. The standard InChI is InChI=1S/C30H28N2O6S/c1-4-20-14-24-19(3)13-29(33)37-28(24)16-27(20)38-30(34)26(15-21-17-31-25-8-6-5-7-23(21)25)32-39(35,36)22-11-9-18(2)10-12-22/h5-14,16-17,26,31-32H,4,15H2,1-3H3/t26-/m0/s1. The fourth-order valence-electron chi connectivity index (χ4n) is 4.61. The number of esters is 1. The lowest BCUT2D eigenvalue weighted by atomic mass is 10.0. The Balaban J connectivity index is 1.52. The molecule has 9 heteroatoms. The van der Waals surface area contributed by atoms with Crippen molar-refractivity contribution in [3.8, 4) is 5.75 Å². The molecule has 0 radical (unpaired) electrons. The van der Waals surface area contributed by atoms with Gasteiger partial charge >= 0.3 is 11.6 Å². The molecule has 39 heavy (non-hydrogen) atoms. The first-order valence-corrected chi connectivity index (χ1v) is 14.1. The number of hydrogen-bond donors (Lipinski definition) is 2. The van der Waals surface area contributed by atoms with E-state index in [1.165, 1.54) is 24.3 Å². The van der Waals surface area contributed by atoms with Crippen LogP contribution in [0.1, 0.15) is 29.2 Å². The molecule has 0 bridgehead atoms. The third-order valence-corrected chi connectivity index (χ3v) is 8.22. The quantitative estimate of drug-likeness (QED) is 0.162. The van der Waals surface area contributed by atoms with Crippen molar-refractivity contribution < 1.29 is 22.4 Å². The first-order valence-electron chi connectivity index (χ1n) is 12.6. The minimum atomic E-state index is -4.05. The molecule has 2 N–H and O–H groups in total. The van der Waals surface area contributed by atoms with Gasteiger partial charge < -0.3 is 14.1 Å². The van der Waals surface area contributed by atoms with Crippen molar-refractivity contribution in [1.29, 1.82) is 0 Å². The first kappa shape index (κ1) is 26.4. The van der Waals surface area contributed by atoms with E-state index < -0.39 is 27.7 Å². The fourth-order valence-corrected chi connectivity index (χ4v) is 5.79. The Labute approximate surface area is 225 Å². The van der Waals surface area contributed by atoms with Gasteiger partial charge in [0.1, 0.15) is 17.4 Å². The number of aromatic amines is 1. The van der Waals surface area contributed by atoms with Crippen LogP contribution in [0.3, 0.4) is 0 Å². The lowest BCUT2D eigenvalue weighted by Gasteiger charge is -2.19. The molecule has 0 fully saturated rings. The van der Waals surface area contributed by atoms with Gasteiger partial charge in [0.15, 0.2) is 0 Å². The molecule has 200 valence electrons. The van der Waals surface area contributed by atoms with Crippen LogP contribution in [0.2, 0.25) is 0 Å². The van der Waals surface area contributed by atoms with Gasteiger partial charge in [0, 0.05) is 41.0 Å². The molecule has 5 rings (SSSR count). The van der Waals surface area contributed by atoms with Crippen molar-refractivity contribution in [2.45, 2.75) is 44.6 Å². The van der Waals surface area contributed by atoms with Gasteiger partial charge in [0.2, 0.25) is 10.0 Å². The number of fused-ring (bicyclic) bond motifs is 2. The van der Waals surface area contributed by atoms with E-state index >= 15 is 0 Å². The average Bonchev–Trinajstić information content (AvgIpc) is 3.31. The molecule has 0 aliphatic rings. The maximum absolute atomic E-state index is 13.6. The second kappa shape index (κ2) is 10.5. The predicted molar refractivity (Wildman–Crippen MR) is 150 cm³/mol.